The summed E-state index contributed by atoms with van der Waals surface area (Å²) >= 11 is 0. The Morgan fingerprint density at radius 3 is 1.49 bits per heavy atom. The molecule has 0 saturated carbocycles. The molecule has 0 spiro atoms. The summed E-state index contributed by atoms with van der Waals surface area (Å²) in [4.78, 5) is 35.5. The molecule has 0 fully saturated rings. The van der Waals surface area contributed by atoms with E-state index in [4.69, 9.17) is 9.47 Å². The number of ketones is 1. The Labute approximate surface area is 264 Å². The van der Waals surface area contributed by atoms with Crippen LogP contribution >= 0.6 is 0 Å². The van der Waals surface area contributed by atoms with Crippen molar-refractivity contribution in [2.45, 2.75) is 119 Å². The van der Waals surface area contributed by atoms with Gasteiger partial charge in [-0.1, -0.05) is 128 Å². The van der Waals surface area contributed by atoms with Crippen LogP contribution in [-0.4, -0.2) is 44.0 Å². The summed E-state index contributed by atoms with van der Waals surface area (Å²) in [6.07, 6.45) is 31.8. The average molecular weight is 602 g/mol. The predicted octanol–water partition coefficient (Wildman–Crippen LogP) is 9.20. The third-order valence-electron chi connectivity index (χ3n) is 5.45. The Kier molecular flexibility index (Phi) is 34.6. The number of nitrogens with one attached hydrogen (secondary N) is 1. The molecular formula is C37H63NO5. The van der Waals surface area contributed by atoms with E-state index in [1.807, 2.05) is 19.9 Å². The maximum atomic E-state index is 12.4. The zero-order valence-corrected chi connectivity index (χ0v) is 28.8. The molecule has 0 aliphatic heterocycles. The van der Waals surface area contributed by atoms with Crippen molar-refractivity contribution in [2.24, 2.45) is 5.41 Å². The van der Waals surface area contributed by atoms with Crippen LogP contribution in [0.25, 0.3) is 0 Å². The fraction of sp³-hybridized carbons (Fsp3) is 0.595. The summed E-state index contributed by atoms with van der Waals surface area (Å²) in [7, 11) is 1.44. The zero-order valence-electron chi connectivity index (χ0n) is 28.8. The molecule has 0 radical (unpaired) electrons. The summed E-state index contributed by atoms with van der Waals surface area (Å²) in [5, 5.41) is 2.69. The third-order valence-corrected chi connectivity index (χ3v) is 5.45. The highest BCUT2D eigenvalue weighted by Crippen LogP contribution is 2.24. The first kappa shape index (κ1) is 44.5. The fourth-order valence-corrected chi connectivity index (χ4v) is 3.34. The van der Waals surface area contributed by atoms with Gasteiger partial charge in [0, 0.05) is 25.5 Å². The van der Waals surface area contributed by atoms with E-state index in [0.29, 0.717) is 0 Å². The van der Waals surface area contributed by atoms with Gasteiger partial charge in [0.2, 0.25) is 5.91 Å². The maximum Gasteiger partial charge on any atom is 0.309 e. The number of esters is 1. The van der Waals surface area contributed by atoms with E-state index in [1.54, 1.807) is 19.9 Å². The van der Waals surface area contributed by atoms with Gasteiger partial charge in [-0.05, 0) is 45.4 Å². The van der Waals surface area contributed by atoms with Crippen molar-refractivity contribution in [3.05, 3.63) is 72.9 Å². The van der Waals surface area contributed by atoms with Crippen molar-refractivity contribution in [3.63, 3.8) is 0 Å². The van der Waals surface area contributed by atoms with Crippen LogP contribution in [0.1, 0.15) is 113 Å². The second-order valence-corrected chi connectivity index (χ2v) is 10.3. The molecule has 0 rings (SSSR count). The summed E-state index contributed by atoms with van der Waals surface area (Å²) in [6.45, 7) is 15.8. The van der Waals surface area contributed by atoms with Gasteiger partial charge in [-0.3, -0.25) is 14.4 Å². The van der Waals surface area contributed by atoms with Crippen molar-refractivity contribution >= 4 is 17.7 Å². The van der Waals surface area contributed by atoms with E-state index in [-0.39, 0.29) is 43.7 Å². The number of rotatable bonds is 21. The van der Waals surface area contributed by atoms with Crippen molar-refractivity contribution in [1.82, 2.24) is 5.32 Å². The molecule has 0 heterocycles. The summed E-state index contributed by atoms with van der Waals surface area (Å²) in [5.41, 5.74) is -0.719. The first-order chi connectivity index (χ1) is 20.7. The lowest BCUT2D eigenvalue weighted by molar-refractivity contribution is -0.154. The second-order valence-electron chi connectivity index (χ2n) is 10.3. The van der Waals surface area contributed by atoms with Crippen LogP contribution in [0.4, 0.5) is 0 Å². The smallest absolute Gasteiger partial charge is 0.309 e. The Morgan fingerprint density at radius 2 is 1.12 bits per heavy atom. The molecule has 0 aromatic carbocycles. The SMILES string of the molecule is CC.CC/C=C\C/C=C\C/C=C\C/C=C\C/C=C\C/C=C\CC(=O)OCC(C)(C)[C@@H](OC)C(=O)NCCC(C)=O.CCC. The Balaban J connectivity index is -0.00000299. The molecule has 0 aromatic rings. The van der Waals surface area contributed by atoms with Crippen molar-refractivity contribution in [2.75, 3.05) is 20.3 Å². The standard InChI is InChI=1S/C32H49NO5.C3H8.C2H6/c1-6-7-8-9-10-11-12-13-14-15-16-17-18-19-20-21-22-23-24-29(35)38-27-32(3,4)30(37-5)31(36)33-26-25-28(2)34;1-3-2;1-2/h7-8,10-11,13-14,16-17,19-20,22-23,30H,6,9,12,15,18,21,24-27H2,1-5H3,(H,33,36);3H2,1-2H3;1-2H3/b8-7-,11-10-,14-13-,17-16-,20-19-,23-22-;;/t30-;;/m0../s1. The van der Waals surface area contributed by atoms with E-state index < -0.39 is 11.5 Å². The van der Waals surface area contributed by atoms with E-state index in [9.17, 15) is 14.4 Å². The number of amides is 1. The molecule has 6 nitrogen and oxygen atoms in total. The Morgan fingerprint density at radius 1 is 0.721 bits per heavy atom. The minimum Gasteiger partial charge on any atom is -0.465 e. The lowest BCUT2D eigenvalue weighted by atomic mass is 9.86. The molecule has 1 atom stereocenters. The molecule has 0 saturated heterocycles. The van der Waals surface area contributed by atoms with Crippen LogP contribution < -0.4 is 5.32 Å². The number of carbonyl (C=O) groups excluding carboxylic acids is 3. The van der Waals surface area contributed by atoms with Gasteiger partial charge in [0.15, 0.2) is 0 Å². The van der Waals surface area contributed by atoms with Crippen LogP contribution in [0, 0.1) is 5.41 Å². The topological polar surface area (TPSA) is 81.7 Å². The molecule has 6 heteroatoms. The molecule has 246 valence electrons. The second kappa shape index (κ2) is 33.5. The average Bonchev–Trinajstić information content (AvgIpc) is 2.97. The molecular weight excluding hydrogens is 538 g/mol. The molecule has 0 aromatic heterocycles. The summed E-state index contributed by atoms with van der Waals surface area (Å²) < 4.78 is 10.7. The molecule has 43 heavy (non-hydrogen) atoms. The Bertz CT molecular complexity index is 862. The largest absolute Gasteiger partial charge is 0.465 e. The zero-order chi connectivity index (χ0) is 33.2. The molecule has 0 aliphatic rings. The minimum absolute atomic E-state index is 0.00172. The van der Waals surface area contributed by atoms with Crippen molar-refractivity contribution in [3.8, 4) is 0 Å². The fourth-order valence-electron chi connectivity index (χ4n) is 3.34. The van der Waals surface area contributed by atoms with Crippen LogP contribution in [0.3, 0.4) is 0 Å². The highest BCUT2D eigenvalue weighted by Gasteiger charge is 2.36. The number of ether oxygens (including phenoxy) is 2. The van der Waals surface area contributed by atoms with Crippen LogP contribution in [-0.2, 0) is 23.9 Å². The molecule has 0 unspecified atom stereocenters. The number of Topliss-reactive ketones (excluding diaryl/α,β-unsaturated/α-hetero) is 1. The van der Waals surface area contributed by atoms with E-state index in [1.165, 1.54) is 20.5 Å². The van der Waals surface area contributed by atoms with E-state index in [2.05, 4.69) is 86.8 Å². The van der Waals surface area contributed by atoms with Gasteiger partial charge in [-0.15, -0.1) is 0 Å². The Hall–Kier alpha value is -2.99. The van der Waals surface area contributed by atoms with Crippen LogP contribution in [0.2, 0.25) is 0 Å². The molecule has 1 N–H and O–H groups in total. The van der Waals surface area contributed by atoms with Gasteiger partial charge >= 0.3 is 5.97 Å². The normalized spacial score (nSPS) is 12.6. The van der Waals surface area contributed by atoms with Gasteiger partial charge in [0.25, 0.3) is 0 Å². The monoisotopic (exact) mass is 601 g/mol. The third kappa shape index (κ3) is 31.8. The number of allylic oxidation sites excluding steroid dienone is 11. The van der Waals surface area contributed by atoms with E-state index >= 15 is 0 Å². The van der Waals surface area contributed by atoms with Gasteiger partial charge < -0.3 is 14.8 Å². The summed E-state index contributed by atoms with van der Waals surface area (Å²) in [5.74, 6) is -0.682. The van der Waals surface area contributed by atoms with Crippen LogP contribution in [0.15, 0.2) is 72.9 Å². The maximum absolute atomic E-state index is 12.4. The van der Waals surface area contributed by atoms with Crippen molar-refractivity contribution < 1.29 is 23.9 Å². The molecule has 1 amide bonds. The summed E-state index contributed by atoms with van der Waals surface area (Å²) in [6, 6.07) is 0. The highest BCUT2D eigenvalue weighted by atomic mass is 16.5. The quantitative estimate of drug-likeness (QED) is 0.105. The molecule has 0 aliphatic carbocycles. The first-order valence-electron chi connectivity index (χ1n) is 16.0. The van der Waals surface area contributed by atoms with Gasteiger partial charge in [0.05, 0.1) is 13.0 Å². The van der Waals surface area contributed by atoms with Gasteiger partial charge in [-0.2, -0.15) is 0 Å². The minimum atomic E-state index is -0.798. The number of hydrogen-bond donors (Lipinski definition) is 1. The van der Waals surface area contributed by atoms with Gasteiger partial charge in [0.1, 0.15) is 11.9 Å². The van der Waals surface area contributed by atoms with Gasteiger partial charge in [-0.25, -0.2) is 0 Å². The lowest BCUT2D eigenvalue weighted by Crippen LogP contribution is -2.47. The van der Waals surface area contributed by atoms with Crippen molar-refractivity contribution in [1.29, 1.82) is 0 Å². The number of hydrogen-bond acceptors (Lipinski definition) is 5. The van der Waals surface area contributed by atoms with Crippen LogP contribution in [0.5, 0.6) is 0 Å². The number of methoxy groups -OCH3 is 1. The van der Waals surface area contributed by atoms with E-state index in [0.717, 1.165) is 38.5 Å². The lowest BCUT2D eigenvalue weighted by Gasteiger charge is -2.31. The number of carbonyl (C=O) groups is 3. The highest BCUT2D eigenvalue weighted by molar-refractivity contribution is 5.82. The molecule has 0 bridgehead atoms. The first-order valence-corrected chi connectivity index (χ1v) is 16.0. The predicted molar refractivity (Wildman–Crippen MR) is 184 cm³/mol.